The van der Waals surface area contributed by atoms with E-state index in [9.17, 15) is 10.2 Å². The number of hydrogen-bond donors (Lipinski definition) is 2. The van der Waals surface area contributed by atoms with Crippen LogP contribution in [0.3, 0.4) is 0 Å². The summed E-state index contributed by atoms with van der Waals surface area (Å²) in [5, 5.41) is 22.4. The third kappa shape index (κ3) is 19.5. The van der Waals surface area contributed by atoms with Crippen molar-refractivity contribution in [3.8, 4) is 113 Å². The minimum Gasteiger partial charge on any atom is -0.504 e. The molecule has 496 valence electrons. The number of aromatic hydroxyl groups is 2. The normalized spacial score (nSPS) is 11.1. The van der Waals surface area contributed by atoms with Crippen LogP contribution in [0.1, 0.15) is 46.7 Å². The van der Waals surface area contributed by atoms with Crippen LogP contribution in [0, 0.1) is 13.8 Å². The summed E-state index contributed by atoms with van der Waals surface area (Å²) in [5.41, 5.74) is 17.4. The number of aromatic nitrogens is 4. The van der Waals surface area contributed by atoms with E-state index >= 15 is 0 Å². The highest BCUT2D eigenvalue weighted by atomic mass is 16.6. The van der Waals surface area contributed by atoms with Crippen LogP contribution in [0.2, 0.25) is 0 Å². The summed E-state index contributed by atoms with van der Waals surface area (Å²) in [6, 6.07) is 59.7. The van der Waals surface area contributed by atoms with Gasteiger partial charge in [-0.2, -0.15) is 0 Å². The molecule has 16 nitrogen and oxygen atoms in total. The van der Waals surface area contributed by atoms with Gasteiger partial charge in [0.15, 0.2) is 23.0 Å². The average molecular weight is 1290 g/mol. The van der Waals surface area contributed by atoms with E-state index in [0.717, 1.165) is 131 Å². The number of aryl methyl sites for hydroxylation is 4. The van der Waals surface area contributed by atoms with Crippen LogP contribution in [-0.4, -0.2) is 125 Å². The molecule has 0 amide bonds. The van der Waals surface area contributed by atoms with E-state index in [1.165, 1.54) is 0 Å². The monoisotopic (exact) mass is 1290 g/mol. The number of hydrogen-bond acceptors (Lipinski definition) is 16. The highest BCUT2D eigenvalue weighted by Crippen LogP contribution is 2.37. The van der Waals surface area contributed by atoms with Crippen molar-refractivity contribution >= 4 is 0 Å². The molecule has 10 rings (SSSR count). The first-order valence-corrected chi connectivity index (χ1v) is 32.3. The van der Waals surface area contributed by atoms with Gasteiger partial charge in [-0.05, 0) is 206 Å². The molecule has 0 spiro atoms. The summed E-state index contributed by atoms with van der Waals surface area (Å²) in [5.74, 6) is 3.96. The molecule has 0 fully saturated rings. The minimum absolute atomic E-state index is 0.0361. The number of nitrogens with zero attached hydrogens (tertiary/aromatic N) is 4. The van der Waals surface area contributed by atoms with E-state index in [0.29, 0.717) is 101 Å². The van der Waals surface area contributed by atoms with E-state index in [4.69, 9.17) is 67.3 Å². The van der Waals surface area contributed by atoms with E-state index in [2.05, 4.69) is 104 Å². The third-order valence-corrected chi connectivity index (χ3v) is 16.1. The Balaban J connectivity index is 0.614. The van der Waals surface area contributed by atoms with Crippen molar-refractivity contribution in [1.82, 2.24) is 19.9 Å². The summed E-state index contributed by atoms with van der Waals surface area (Å²) in [6.45, 7) is 12.0. The van der Waals surface area contributed by atoms with Crippen molar-refractivity contribution in [1.29, 1.82) is 0 Å². The Bertz CT molecular complexity index is 3880. The summed E-state index contributed by atoms with van der Waals surface area (Å²) in [7, 11) is 6.66. The van der Waals surface area contributed by atoms with Crippen molar-refractivity contribution in [3.63, 3.8) is 0 Å². The van der Waals surface area contributed by atoms with E-state index in [1.54, 1.807) is 40.6 Å². The van der Waals surface area contributed by atoms with Gasteiger partial charge in [-0.1, -0.05) is 84.9 Å². The fourth-order valence-electron chi connectivity index (χ4n) is 11.1. The molecule has 0 bridgehead atoms. The van der Waals surface area contributed by atoms with Crippen molar-refractivity contribution in [2.45, 2.75) is 52.4 Å². The first kappa shape index (κ1) is 68.8. The Kier molecular flexibility index (Phi) is 25.0. The second-order valence-corrected chi connectivity index (χ2v) is 23.1. The Morgan fingerprint density at radius 2 is 0.646 bits per heavy atom. The Labute approximate surface area is 563 Å². The molecule has 0 aliphatic rings. The smallest absolute Gasteiger partial charge is 0.161 e. The van der Waals surface area contributed by atoms with Gasteiger partial charge in [0.25, 0.3) is 0 Å². The zero-order valence-corrected chi connectivity index (χ0v) is 55.6. The van der Waals surface area contributed by atoms with E-state index in [1.807, 2.05) is 86.6 Å². The largest absolute Gasteiger partial charge is 0.504 e. The molecule has 0 atom stereocenters. The van der Waals surface area contributed by atoms with Crippen molar-refractivity contribution in [3.05, 3.63) is 228 Å². The lowest BCUT2D eigenvalue weighted by Crippen LogP contribution is -2.11. The van der Waals surface area contributed by atoms with E-state index in [-0.39, 0.29) is 24.7 Å². The van der Waals surface area contributed by atoms with Crippen LogP contribution < -0.4 is 28.4 Å². The van der Waals surface area contributed by atoms with Crippen LogP contribution >= 0.6 is 0 Å². The number of phenolic OH excluding ortho intramolecular Hbond substituents is 2. The molecule has 0 radical (unpaired) electrons. The number of pyridine rings is 4. The molecule has 4 heterocycles. The van der Waals surface area contributed by atoms with Crippen LogP contribution in [0.4, 0.5) is 0 Å². The predicted molar refractivity (Wildman–Crippen MR) is 376 cm³/mol. The van der Waals surface area contributed by atoms with Gasteiger partial charge < -0.3 is 57.6 Å². The lowest BCUT2D eigenvalue weighted by molar-refractivity contribution is 0.0354. The molecule has 0 saturated carbocycles. The van der Waals surface area contributed by atoms with Crippen LogP contribution in [0.5, 0.6) is 46.0 Å². The van der Waals surface area contributed by atoms with Gasteiger partial charge in [0, 0.05) is 47.1 Å². The summed E-state index contributed by atoms with van der Waals surface area (Å²) < 4.78 is 57.1. The molecule has 0 unspecified atom stereocenters. The molecule has 16 heteroatoms. The first-order valence-electron chi connectivity index (χ1n) is 32.3. The quantitative estimate of drug-likeness (QED) is 0.0279. The molecular formula is C80H84N4O12. The Morgan fingerprint density at radius 3 is 0.979 bits per heavy atom. The Morgan fingerprint density at radius 1 is 0.344 bits per heavy atom. The SMILES string of the molecule is C=C(Cc1cccc(OCCOCCOCCCc2cc(-c3ccc(OC)cc3)cc(-c3cc(-c4ccc(OC)cc4)cc(C)n3)n2)c1O)Cc1cccc(OCCOCCOCCCc2cc(-c3ccc(OC)cc3)cc(-c3cc(-c4ccc(OC)cc4)cc(C)n3)n2)c1O. The average Bonchev–Trinajstić information content (AvgIpc) is 0.852. The highest BCUT2D eigenvalue weighted by Gasteiger charge is 2.17. The first-order chi connectivity index (χ1) is 46.9. The van der Waals surface area contributed by atoms with Gasteiger partial charge in [0.05, 0.1) is 90.9 Å². The zero-order chi connectivity index (χ0) is 67.0. The summed E-state index contributed by atoms with van der Waals surface area (Å²) in [6.07, 6.45) is 3.67. The number of rotatable bonds is 36. The Hall–Kier alpha value is -10.1. The molecule has 96 heavy (non-hydrogen) atoms. The van der Waals surface area contributed by atoms with Gasteiger partial charge in [-0.15, -0.1) is 0 Å². The molecule has 6 aromatic carbocycles. The van der Waals surface area contributed by atoms with Crippen molar-refractivity contribution in [2.24, 2.45) is 0 Å². The van der Waals surface area contributed by atoms with Crippen LogP contribution in [0.25, 0.3) is 67.3 Å². The van der Waals surface area contributed by atoms with Gasteiger partial charge in [0.2, 0.25) is 0 Å². The maximum absolute atomic E-state index is 11.2. The number of para-hydroxylation sites is 2. The molecular weight excluding hydrogens is 1210 g/mol. The topological polar surface area (TPSA) is 184 Å². The number of ether oxygens (including phenoxy) is 10. The maximum Gasteiger partial charge on any atom is 0.161 e. The molecule has 4 aromatic heterocycles. The molecule has 2 N–H and O–H groups in total. The maximum atomic E-state index is 11.2. The molecule has 10 aromatic rings. The summed E-state index contributed by atoms with van der Waals surface area (Å²) >= 11 is 0. The fourth-order valence-corrected chi connectivity index (χ4v) is 11.1. The van der Waals surface area contributed by atoms with Gasteiger partial charge in [-0.25, -0.2) is 0 Å². The van der Waals surface area contributed by atoms with Gasteiger partial charge >= 0.3 is 0 Å². The standard InChI is InChI=1S/C80H84N4O12/c1-54(44-61-12-8-16-77(79(61)85)95-42-40-93-38-36-91-34-10-14-67-48-65(59-22-30-71(89-6)31-23-59)52-75(83-67)73-50-63(46-55(2)81-73)57-18-26-69(87-4)27-19-57)45-62-13-9-17-78(80(62)86)96-43-41-94-39-37-92-35-11-15-68-49-66(60-24-32-72(90-7)33-25-60)53-76(84-68)74-51-64(47-56(3)82-74)58-20-28-70(88-5)29-21-58/h8-9,12-13,16-33,46-53,85-86H,1,10-11,14-15,34-45H2,2-7H3. The molecule has 0 saturated heterocycles. The number of methoxy groups -OCH3 is 4. The minimum atomic E-state index is 0.0361. The second kappa shape index (κ2) is 34.9. The summed E-state index contributed by atoms with van der Waals surface area (Å²) in [4.78, 5) is 20.0. The second-order valence-electron chi connectivity index (χ2n) is 23.1. The highest BCUT2D eigenvalue weighted by molar-refractivity contribution is 5.76. The predicted octanol–water partition coefficient (Wildman–Crippen LogP) is 15.8. The van der Waals surface area contributed by atoms with Crippen LogP contribution in [-0.2, 0) is 44.6 Å². The van der Waals surface area contributed by atoms with E-state index < -0.39 is 0 Å². The van der Waals surface area contributed by atoms with Crippen molar-refractivity contribution in [2.75, 3.05) is 94.5 Å². The van der Waals surface area contributed by atoms with Crippen molar-refractivity contribution < 1.29 is 57.6 Å². The lowest BCUT2D eigenvalue weighted by Gasteiger charge is -2.14. The third-order valence-electron chi connectivity index (χ3n) is 16.1. The fraction of sp³-hybridized carbons (Fsp3) is 0.275. The lowest BCUT2D eigenvalue weighted by atomic mass is 9.98. The van der Waals surface area contributed by atoms with Gasteiger partial charge in [-0.3, -0.25) is 19.9 Å². The zero-order valence-electron chi connectivity index (χ0n) is 55.6. The van der Waals surface area contributed by atoms with Crippen LogP contribution in [0.15, 0.2) is 194 Å². The number of allylic oxidation sites excluding steroid dienone is 1. The molecule has 0 aliphatic carbocycles. The van der Waals surface area contributed by atoms with Gasteiger partial charge in [0.1, 0.15) is 36.2 Å². The molecule has 0 aliphatic heterocycles. The number of phenols is 2. The number of benzene rings is 6.